The smallest absolute Gasteiger partial charge is 0.244 e. The first-order valence-electron chi connectivity index (χ1n) is 9.95. The molecule has 1 aromatic heterocycles. The van der Waals surface area contributed by atoms with Crippen LogP contribution in [0, 0.1) is 11.7 Å². The summed E-state index contributed by atoms with van der Waals surface area (Å²) >= 11 is 11.7. The molecule has 3 aromatic rings. The largest absolute Gasteiger partial charge is 0.303 e. The highest BCUT2D eigenvalue weighted by Crippen LogP contribution is 2.25. The van der Waals surface area contributed by atoms with Crippen LogP contribution in [0.5, 0.6) is 0 Å². The van der Waals surface area contributed by atoms with Crippen molar-refractivity contribution in [2.75, 3.05) is 26.2 Å². The van der Waals surface area contributed by atoms with Gasteiger partial charge in [-0.1, -0.05) is 53.6 Å². The normalized spacial score (nSPS) is 16.0. The highest BCUT2D eigenvalue weighted by Gasteiger charge is 2.30. The first kappa shape index (κ1) is 22.2. The van der Waals surface area contributed by atoms with Gasteiger partial charge in [-0.2, -0.15) is 9.40 Å². The van der Waals surface area contributed by atoms with Gasteiger partial charge in [0.2, 0.25) is 10.0 Å². The third-order valence-corrected chi connectivity index (χ3v) is 8.35. The Morgan fingerprint density at radius 3 is 2.32 bits per heavy atom. The maximum absolute atomic E-state index is 12.9. The molecule has 0 bridgehead atoms. The van der Waals surface area contributed by atoms with Crippen LogP contribution in [0.1, 0.15) is 5.56 Å². The Labute approximate surface area is 192 Å². The number of nitrogens with zero attached hydrogens (tertiary/aromatic N) is 5. The minimum Gasteiger partial charge on any atom is -0.303 e. The van der Waals surface area contributed by atoms with Gasteiger partial charge in [0.15, 0.2) is 10.6 Å². The van der Waals surface area contributed by atoms with Crippen molar-refractivity contribution in [3.63, 3.8) is 0 Å². The van der Waals surface area contributed by atoms with Crippen molar-refractivity contribution in [3.05, 3.63) is 63.9 Å². The first-order valence-corrected chi connectivity index (χ1v) is 12.2. The summed E-state index contributed by atoms with van der Waals surface area (Å²) in [6, 6.07) is 14.7. The van der Waals surface area contributed by atoms with E-state index in [0.29, 0.717) is 37.6 Å². The zero-order valence-corrected chi connectivity index (χ0v) is 19.8. The molecule has 1 fully saturated rings. The molecule has 1 aliphatic rings. The standard InChI is InChI=1S/C21H24ClN5O2S2/c1-16-7-9-17(10-8-16)20-23-27(21(30)24(20)2)15-25-11-13-26(14-12-25)31(28,29)19-6-4-3-5-18(19)22/h3-10H,11-15H2,1-2H3. The van der Waals surface area contributed by atoms with E-state index in [9.17, 15) is 8.42 Å². The summed E-state index contributed by atoms with van der Waals surface area (Å²) in [7, 11) is -1.70. The average molecular weight is 478 g/mol. The molecule has 0 N–H and O–H groups in total. The molecule has 7 nitrogen and oxygen atoms in total. The Kier molecular flexibility index (Phi) is 6.32. The van der Waals surface area contributed by atoms with Crippen LogP contribution in [0.3, 0.4) is 0 Å². The van der Waals surface area contributed by atoms with E-state index in [2.05, 4.69) is 17.0 Å². The van der Waals surface area contributed by atoms with Crippen molar-refractivity contribution >= 4 is 33.8 Å². The van der Waals surface area contributed by atoms with Crippen LogP contribution in [0.4, 0.5) is 0 Å². The third-order valence-electron chi connectivity index (χ3n) is 5.47. The van der Waals surface area contributed by atoms with Crippen molar-refractivity contribution in [2.45, 2.75) is 18.5 Å². The zero-order chi connectivity index (χ0) is 22.2. The second-order valence-electron chi connectivity index (χ2n) is 7.62. The van der Waals surface area contributed by atoms with Crippen LogP contribution >= 0.6 is 23.8 Å². The van der Waals surface area contributed by atoms with E-state index in [4.69, 9.17) is 28.9 Å². The number of hydrogen-bond acceptors (Lipinski definition) is 5. The van der Waals surface area contributed by atoms with E-state index in [0.717, 1.165) is 11.4 Å². The van der Waals surface area contributed by atoms with Crippen LogP contribution in [0.15, 0.2) is 53.4 Å². The SMILES string of the molecule is Cc1ccc(-c2nn(CN3CCN(S(=O)(=O)c4ccccc4Cl)CC3)c(=S)n2C)cc1. The van der Waals surface area contributed by atoms with Crippen molar-refractivity contribution in [3.8, 4) is 11.4 Å². The first-order chi connectivity index (χ1) is 14.8. The maximum Gasteiger partial charge on any atom is 0.244 e. The molecule has 2 heterocycles. The molecule has 0 spiro atoms. The highest BCUT2D eigenvalue weighted by atomic mass is 35.5. The lowest BCUT2D eigenvalue weighted by Crippen LogP contribution is -2.49. The summed E-state index contributed by atoms with van der Waals surface area (Å²) in [6.45, 7) is 4.51. The summed E-state index contributed by atoms with van der Waals surface area (Å²) in [4.78, 5) is 2.31. The van der Waals surface area contributed by atoms with Crippen LogP contribution in [0.25, 0.3) is 11.4 Å². The molecule has 0 atom stereocenters. The maximum atomic E-state index is 12.9. The van der Waals surface area contributed by atoms with E-state index in [1.165, 1.54) is 9.87 Å². The van der Waals surface area contributed by atoms with Crippen molar-refractivity contribution in [2.24, 2.45) is 7.05 Å². The molecule has 0 unspecified atom stereocenters. The van der Waals surface area contributed by atoms with Crippen molar-refractivity contribution in [1.82, 2.24) is 23.6 Å². The predicted molar refractivity (Wildman–Crippen MR) is 124 cm³/mol. The molecule has 164 valence electrons. The molecule has 1 saturated heterocycles. The lowest BCUT2D eigenvalue weighted by Gasteiger charge is -2.33. The van der Waals surface area contributed by atoms with Gasteiger partial charge in [0.1, 0.15) is 4.90 Å². The molecular weight excluding hydrogens is 454 g/mol. The van der Waals surface area contributed by atoms with Gasteiger partial charge in [0.25, 0.3) is 0 Å². The summed E-state index contributed by atoms with van der Waals surface area (Å²) < 4.78 is 31.7. The van der Waals surface area contributed by atoms with Crippen LogP contribution in [0.2, 0.25) is 5.02 Å². The number of aromatic nitrogens is 3. The topological polar surface area (TPSA) is 63.4 Å². The Morgan fingerprint density at radius 2 is 1.68 bits per heavy atom. The Morgan fingerprint density at radius 1 is 1.03 bits per heavy atom. The molecule has 0 saturated carbocycles. The van der Waals surface area contributed by atoms with Crippen LogP contribution in [-0.4, -0.2) is 58.1 Å². The van der Waals surface area contributed by atoms with Crippen LogP contribution in [-0.2, 0) is 23.7 Å². The molecule has 0 radical (unpaired) electrons. The summed E-state index contributed by atoms with van der Waals surface area (Å²) in [6.07, 6.45) is 0. The molecule has 31 heavy (non-hydrogen) atoms. The summed E-state index contributed by atoms with van der Waals surface area (Å²) in [5, 5.41) is 4.96. The molecule has 0 amide bonds. The number of aryl methyl sites for hydroxylation is 1. The van der Waals surface area contributed by atoms with Gasteiger partial charge in [-0.05, 0) is 31.3 Å². The number of piperazine rings is 1. The fraction of sp³-hybridized carbons (Fsp3) is 0.333. The lowest BCUT2D eigenvalue weighted by atomic mass is 10.1. The van der Waals surface area contributed by atoms with Gasteiger partial charge >= 0.3 is 0 Å². The number of rotatable bonds is 5. The van der Waals surface area contributed by atoms with Gasteiger partial charge < -0.3 is 4.57 Å². The Hall–Kier alpha value is -2.04. The van der Waals surface area contributed by atoms with Crippen LogP contribution < -0.4 is 0 Å². The van der Waals surface area contributed by atoms with Gasteiger partial charge in [0.05, 0.1) is 11.7 Å². The average Bonchev–Trinajstić information content (AvgIpc) is 3.03. The van der Waals surface area contributed by atoms with Gasteiger partial charge in [-0.15, -0.1) is 0 Å². The second kappa shape index (κ2) is 8.84. The minimum absolute atomic E-state index is 0.153. The van der Waals surface area contributed by atoms with E-state index in [-0.39, 0.29) is 9.92 Å². The van der Waals surface area contributed by atoms with Gasteiger partial charge in [-0.3, -0.25) is 4.90 Å². The molecular formula is C21H24ClN5O2S2. The summed E-state index contributed by atoms with van der Waals surface area (Å²) in [5.74, 6) is 0.810. The predicted octanol–water partition coefficient (Wildman–Crippen LogP) is 3.54. The number of benzene rings is 2. The Balaban J connectivity index is 1.46. The molecule has 4 rings (SSSR count). The fourth-order valence-corrected chi connectivity index (χ4v) is 5.73. The number of halogens is 1. The monoisotopic (exact) mass is 477 g/mol. The summed E-state index contributed by atoms with van der Waals surface area (Å²) in [5.41, 5.74) is 2.20. The van der Waals surface area contributed by atoms with Crippen molar-refractivity contribution in [1.29, 1.82) is 0 Å². The number of hydrogen-bond donors (Lipinski definition) is 0. The fourth-order valence-electron chi connectivity index (χ4n) is 3.63. The molecule has 2 aromatic carbocycles. The Bertz CT molecular complexity index is 1240. The minimum atomic E-state index is -3.61. The molecule has 1 aliphatic heterocycles. The van der Waals surface area contributed by atoms with E-state index in [1.54, 1.807) is 28.9 Å². The number of sulfonamides is 1. The quantitative estimate of drug-likeness (QED) is 0.526. The highest BCUT2D eigenvalue weighted by molar-refractivity contribution is 7.89. The molecule has 10 heteroatoms. The lowest BCUT2D eigenvalue weighted by molar-refractivity contribution is 0.144. The van der Waals surface area contributed by atoms with E-state index < -0.39 is 10.0 Å². The zero-order valence-electron chi connectivity index (χ0n) is 17.4. The van der Waals surface area contributed by atoms with Crippen molar-refractivity contribution < 1.29 is 8.42 Å². The van der Waals surface area contributed by atoms with Gasteiger partial charge in [0, 0.05) is 38.8 Å². The van der Waals surface area contributed by atoms with Gasteiger partial charge in [-0.25, -0.2) is 13.1 Å². The van der Waals surface area contributed by atoms with E-state index >= 15 is 0 Å². The van der Waals surface area contributed by atoms with E-state index in [1.807, 2.05) is 30.7 Å². The third kappa shape index (κ3) is 4.47. The molecule has 0 aliphatic carbocycles. The second-order valence-corrected chi connectivity index (χ2v) is 10.3.